The first kappa shape index (κ1) is 12.3. The lowest BCUT2D eigenvalue weighted by Crippen LogP contribution is -1.77. The number of fused-ring (bicyclic) bond motifs is 1. The molecule has 0 saturated carbocycles. The van der Waals surface area contributed by atoms with Crippen LogP contribution in [0.2, 0.25) is 0 Å². The van der Waals surface area contributed by atoms with Crippen LogP contribution in [0.5, 0.6) is 0 Å². The Bertz CT molecular complexity index is 613. The molecule has 86 valence electrons. The van der Waals surface area contributed by atoms with Gasteiger partial charge in [-0.25, -0.2) is 4.98 Å². The van der Waals surface area contributed by atoms with Crippen LogP contribution in [0, 0.1) is 0 Å². The maximum absolute atomic E-state index is 4.57. The Morgan fingerprint density at radius 1 is 1.06 bits per heavy atom. The maximum Gasteiger partial charge on any atom is 0.137 e. The average molecular weight is 354 g/mol. The van der Waals surface area contributed by atoms with Crippen LogP contribution in [0.25, 0.3) is 16.9 Å². The number of nitrogens with zero attached hydrogens (tertiary/aromatic N) is 2. The normalized spacial score (nSPS) is 10.2. The molecule has 2 heterocycles. The van der Waals surface area contributed by atoms with Gasteiger partial charge in [-0.3, -0.25) is 0 Å². The highest BCUT2D eigenvalue weighted by molar-refractivity contribution is 9.10. The van der Waals surface area contributed by atoms with Gasteiger partial charge in [0, 0.05) is 22.4 Å². The molecule has 3 aromatic rings. The molecule has 0 amide bonds. The number of benzene rings is 1. The monoisotopic (exact) mass is 352 g/mol. The van der Waals surface area contributed by atoms with Crippen LogP contribution in [-0.4, -0.2) is 9.38 Å². The number of hydrogen-bond donors (Lipinski definition) is 0. The first-order valence-corrected chi connectivity index (χ1v) is 5.82. The molecule has 1 aromatic carbocycles. The van der Waals surface area contributed by atoms with Gasteiger partial charge in [0.25, 0.3) is 0 Å². The Morgan fingerprint density at radius 2 is 1.94 bits per heavy atom. The minimum absolute atomic E-state index is 0. The predicted molar refractivity (Wildman–Crippen MR) is 78.7 cm³/mol. The number of halogens is 2. The Morgan fingerprint density at radius 3 is 2.71 bits per heavy atom. The second-order valence-electron chi connectivity index (χ2n) is 3.60. The molecule has 0 aliphatic carbocycles. The third-order valence-electron chi connectivity index (χ3n) is 2.48. The van der Waals surface area contributed by atoms with Gasteiger partial charge in [-0.1, -0.05) is 34.1 Å². The molecule has 0 aliphatic rings. The number of hydrogen-bond acceptors (Lipinski definition) is 1. The molecule has 0 saturated heterocycles. The van der Waals surface area contributed by atoms with E-state index in [1.54, 1.807) is 0 Å². The summed E-state index contributed by atoms with van der Waals surface area (Å²) in [6, 6.07) is 14.2. The van der Waals surface area contributed by atoms with Crippen LogP contribution in [0.1, 0.15) is 0 Å². The van der Waals surface area contributed by atoms with E-state index in [0.29, 0.717) is 0 Å². The van der Waals surface area contributed by atoms with Crippen molar-refractivity contribution in [1.82, 2.24) is 9.38 Å². The van der Waals surface area contributed by atoms with E-state index in [0.717, 1.165) is 21.4 Å². The van der Waals surface area contributed by atoms with Crippen LogP contribution in [-0.2, 0) is 0 Å². The Balaban J connectivity index is 0.00000108. The van der Waals surface area contributed by atoms with E-state index in [2.05, 4.69) is 33.0 Å². The first-order chi connectivity index (χ1) is 7.83. The van der Waals surface area contributed by atoms with Crippen molar-refractivity contribution in [2.75, 3.05) is 0 Å². The summed E-state index contributed by atoms with van der Waals surface area (Å²) >= 11 is 3.47. The molecule has 2 aromatic heterocycles. The molecule has 2 nitrogen and oxygen atoms in total. The number of aromatic nitrogens is 2. The zero-order valence-electron chi connectivity index (χ0n) is 8.88. The molecular weight excluding hydrogens is 344 g/mol. The lowest BCUT2D eigenvalue weighted by Gasteiger charge is -1.95. The van der Waals surface area contributed by atoms with Crippen molar-refractivity contribution in [2.45, 2.75) is 0 Å². The van der Waals surface area contributed by atoms with Crippen molar-refractivity contribution in [3.8, 4) is 11.3 Å². The van der Waals surface area contributed by atoms with Crippen molar-refractivity contribution in [2.24, 2.45) is 0 Å². The van der Waals surface area contributed by atoms with Crippen LogP contribution >= 0.6 is 32.9 Å². The highest BCUT2D eigenvalue weighted by Gasteiger charge is 2.03. The van der Waals surface area contributed by atoms with Gasteiger partial charge >= 0.3 is 0 Å². The summed E-state index contributed by atoms with van der Waals surface area (Å²) in [5.74, 6) is 0. The van der Waals surface area contributed by atoms with Gasteiger partial charge in [0.05, 0.1) is 5.69 Å². The molecular formula is C13H10Br2N2. The summed E-state index contributed by atoms with van der Waals surface area (Å²) in [5, 5.41) is 0. The van der Waals surface area contributed by atoms with E-state index in [4.69, 9.17) is 0 Å². The second kappa shape index (κ2) is 5.02. The van der Waals surface area contributed by atoms with Gasteiger partial charge < -0.3 is 4.40 Å². The van der Waals surface area contributed by atoms with Crippen molar-refractivity contribution < 1.29 is 0 Å². The molecule has 0 N–H and O–H groups in total. The van der Waals surface area contributed by atoms with Crippen molar-refractivity contribution in [1.29, 1.82) is 0 Å². The molecule has 0 aliphatic heterocycles. The van der Waals surface area contributed by atoms with E-state index in [1.807, 2.05) is 47.1 Å². The van der Waals surface area contributed by atoms with Gasteiger partial charge in [-0.15, -0.1) is 17.0 Å². The topological polar surface area (TPSA) is 17.3 Å². The summed E-state index contributed by atoms with van der Waals surface area (Å²) in [5.41, 5.74) is 3.09. The third kappa shape index (κ3) is 2.42. The van der Waals surface area contributed by atoms with Gasteiger partial charge in [0.1, 0.15) is 5.65 Å². The average Bonchev–Trinajstić information content (AvgIpc) is 2.72. The van der Waals surface area contributed by atoms with Gasteiger partial charge in [-0.05, 0) is 24.3 Å². The fourth-order valence-corrected chi connectivity index (χ4v) is 2.12. The SMILES string of the molecule is Br.Brc1cccc(-c2cn3ccccc3n2)c1. The van der Waals surface area contributed by atoms with Crippen molar-refractivity contribution >= 4 is 38.6 Å². The largest absolute Gasteiger partial charge is 0.306 e. The Hall–Kier alpha value is -1.13. The van der Waals surface area contributed by atoms with Crippen LogP contribution in [0.4, 0.5) is 0 Å². The molecule has 0 unspecified atom stereocenters. The molecule has 0 atom stereocenters. The van der Waals surface area contributed by atoms with Crippen molar-refractivity contribution in [3.05, 3.63) is 59.3 Å². The van der Waals surface area contributed by atoms with Crippen LogP contribution < -0.4 is 0 Å². The van der Waals surface area contributed by atoms with Crippen LogP contribution in [0.3, 0.4) is 0 Å². The van der Waals surface area contributed by atoms with E-state index < -0.39 is 0 Å². The fraction of sp³-hybridized carbons (Fsp3) is 0. The molecule has 0 spiro atoms. The fourth-order valence-electron chi connectivity index (χ4n) is 1.72. The third-order valence-corrected chi connectivity index (χ3v) is 2.98. The highest BCUT2D eigenvalue weighted by Crippen LogP contribution is 2.22. The molecule has 3 rings (SSSR count). The van der Waals surface area contributed by atoms with Gasteiger partial charge in [-0.2, -0.15) is 0 Å². The van der Waals surface area contributed by atoms with Crippen LogP contribution in [0.15, 0.2) is 59.3 Å². The first-order valence-electron chi connectivity index (χ1n) is 5.02. The summed E-state index contributed by atoms with van der Waals surface area (Å²) < 4.78 is 3.10. The summed E-state index contributed by atoms with van der Waals surface area (Å²) in [6.07, 6.45) is 4.04. The molecule has 0 fully saturated rings. The van der Waals surface area contributed by atoms with E-state index in [1.165, 1.54) is 0 Å². The van der Waals surface area contributed by atoms with Gasteiger partial charge in [0.2, 0.25) is 0 Å². The van der Waals surface area contributed by atoms with E-state index >= 15 is 0 Å². The smallest absolute Gasteiger partial charge is 0.137 e. The standard InChI is InChI=1S/C13H9BrN2.BrH/c14-11-5-3-4-10(8-11)12-9-16-7-2-1-6-13(16)15-12;/h1-9H;1H. The quantitative estimate of drug-likeness (QED) is 0.636. The summed E-state index contributed by atoms with van der Waals surface area (Å²) in [6.45, 7) is 0. The lowest BCUT2D eigenvalue weighted by atomic mass is 10.2. The van der Waals surface area contributed by atoms with E-state index in [-0.39, 0.29) is 17.0 Å². The Labute approximate surface area is 118 Å². The number of rotatable bonds is 1. The minimum atomic E-state index is 0. The number of imidazole rings is 1. The van der Waals surface area contributed by atoms with Crippen molar-refractivity contribution in [3.63, 3.8) is 0 Å². The molecule has 0 bridgehead atoms. The summed E-state index contributed by atoms with van der Waals surface area (Å²) in [7, 11) is 0. The lowest BCUT2D eigenvalue weighted by molar-refractivity contribution is 1.19. The predicted octanol–water partition coefficient (Wildman–Crippen LogP) is 4.34. The molecule has 0 radical (unpaired) electrons. The summed E-state index contributed by atoms with van der Waals surface area (Å²) in [4.78, 5) is 4.57. The minimum Gasteiger partial charge on any atom is -0.306 e. The van der Waals surface area contributed by atoms with Gasteiger partial charge in [0.15, 0.2) is 0 Å². The Kier molecular flexibility index (Phi) is 3.64. The highest BCUT2D eigenvalue weighted by atomic mass is 79.9. The maximum atomic E-state index is 4.57. The number of pyridine rings is 1. The second-order valence-corrected chi connectivity index (χ2v) is 4.52. The molecule has 17 heavy (non-hydrogen) atoms. The zero-order chi connectivity index (χ0) is 11.0. The zero-order valence-corrected chi connectivity index (χ0v) is 12.2. The van der Waals surface area contributed by atoms with E-state index in [9.17, 15) is 0 Å². The molecule has 4 heteroatoms.